The molecule has 1 aliphatic carbocycles. The quantitative estimate of drug-likeness (QED) is 0.387. The molecule has 1 fully saturated rings. The number of pyridine rings is 1. The number of benzene rings is 2. The Morgan fingerprint density at radius 1 is 1.03 bits per heavy atom. The van der Waals surface area contributed by atoms with Gasteiger partial charge in [0, 0.05) is 37.0 Å². The first-order valence-corrected chi connectivity index (χ1v) is 14.5. The van der Waals surface area contributed by atoms with E-state index in [1.807, 2.05) is 24.3 Å². The van der Waals surface area contributed by atoms with Crippen molar-refractivity contribution in [1.29, 1.82) is 0 Å². The van der Waals surface area contributed by atoms with Crippen molar-refractivity contribution < 1.29 is 26.7 Å². The predicted molar refractivity (Wildman–Crippen MR) is 142 cm³/mol. The highest BCUT2D eigenvalue weighted by atomic mass is 32.2. The Morgan fingerprint density at radius 2 is 1.79 bits per heavy atom. The van der Waals surface area contributed by atoms with Crippen molar-refractivity contribution in [2.24, 2.45) is 5.92 Å². The molecule has 1 saturated heterocycles. The largest absolute Gasteiger partial charge is 0.494 e. The molecule has 2 heterocycles. The second kappa shape index (κ2) is 10.8. The predicted octanol–water partition coefficient (Wildman–Crippen LogP) is 5.32. The Hall–Kier alpha value is -3.30. The van der Waals surface area contributed by atoms with Crippen LogP contribution in [0.2, 0.25) is 0 Å². The standard InChI is InChI=1S/C29H30F2N2O4S/c1-36-28-8-3-20(18-32-28)26-16-21-15-23(37-14-11-19-9-12-33(13-10-19)38(2,34)35)5-7-24(21)29(26)25-6-4-22(30)17-27(25)31/h3-8,15,17-19H,9-14,16H2,1-2H3. The fourth-order valence-corrected chi connectivity index (χ4v) is 6.16. The zero-order valence-corrected chi connectivity index (χ0v) is 22.2. The molecule has 5 rings (SSSR count). The summed E-state index contributed by atoms with van der Waals surface area (Å²) < 4.78 is 64.9. The number of hydrogen-bond acceptors (Lipinski definition) is 5. The van der Waals surface area contributed by atoms with Gasteiger partial charge in [-0.1, -0.05) is 6.07 Å². The molecule has 0 N–H and O–H groups in total. The van der Waals surface area contributed by atoms with Crippen LogP contribution in [0.4, 0.5) is 8.78 Å². The van der Waals surface area contributed by atoms with Crippen LogP contribution < -0.4 is 9.47 Å². The topological polar surface area (TPSA) is 68.7 Å². The summed E-state index contributed by atoms with van der Waals surface area (Å²) in [6.07, 6.45) is 6.02. The van der Waals surface area contributed by atoms with Crippen LogP contribution in [-0.2, 0) is 16.4 Å². The zero-order chi connectivity index (χ0) is 26.9. The molecule has 0 bridgehead atoms. The minimum absolute atomic E-state index is 0.338. The van der Waals surface area contributed by atoms with Crippen molar-refractivity contribution >= 4 is 21.2 Å². The van der Waals surface area contributed by atoms with Crippen molar-refractivity contribution in [2.75, 3.05) is 33.1 Å². The molecule has 2 aliphatic rings. The normalized spacial score (nSPS) is 16.5. The average molecular weight is 541 g/mol. The maximum atomic E-state index is 14.9. The van der Waals surface area contributed by atoms with Gasteiger partial charge >= 0.3 is 0 Å². The van der Waals surface area contributed by atoms with Gasteiger partial charge in [-0.3, -0.25) is 0 Å². The molecule has 0 atom stereocenters. The molecule has 38 heavy (non-hydrogen) atoms. The van der Waals surface area contributed by atoms with Crippen molar-refractivity contribution in [3.63, 3.8) is 0 Å². The number of sulfonamides is 1. The molecule has 0 spiro atoms. The van der Waals surface area contributed by atoms with Gasteiger partial charge in [-0.25, -0.2) is 26.5 Å². The molecule has 6 nitrogen and oxygen atoms in total. The van der Waals surface area contributed by atoms with Crippen LogP contribution in [0.5, 0.6) is 11.6 Å². The van der Waals surface area contributed by atoms with Gasteiger partial charge in [-0.2, -0.15) is 0 Å². The molecule has 2 aromatic carbocycles. The molecule has 3 aromatic rings. The highest BCUT2D eigenvalue weighted by molar-refractivity contribution is 7.88. The van der Waals surface area contributed by atoms with Gasteiger partial charge in [0.15, 0.2) is 0 Å². The number of fused-ring (bicyclic) bond motifs is 1. The lowest BCUT2D eigenvalue weighted by Crippen LogP contribution is -2.38. The lowest BCUT2D eigenvalue weighted by atomic mass is 9.94. The van der Waals surface area contributed by atoms with Crippen molar-refractivity contribution in [3.05, 3.63) is 88.6 Å². The Labute approximate surface area is 222 Å². The summed E-state index contributed by atoms with van der Waals surface area (Å²) in [4.78, 5) is 4.32. The molecule has 0 unspecified atom stereocenters. The van der Waals surface area contributed by atoms with E-state index in [1.165, 1.54) is 22.7 Å². The Morgan fingerprint density at radius 3 is 2.45 bits per heavy atom. The van der Waals surface area contributed by atoms with E-state index in [1.54, 1.807) is 19.4 Å². The van der Waals surface area contributed by atoms with E-state index in [4.69, 9.17) is 9.47 Å². The first kappa shape index (κ1) is 26.3. The van der Waals surface area contributed by atoms with E-state index < -0.39 is 21.7 Å². The Kier molecular flexibility index (Phi) is 7.49. The Balaban J connectivity index is 1.34. The highest BCUT2D eigenvalue weighted by Crippen LogP contribution is 2.44. The van der Waals surface area contributed by atoms with Gasteiger partial charge in [-0.05, 0) is 89.8 Å². The minimum atomic E-state index is -3.13. The third kappa shape index (κ3) is 5.59. The van der Waals surface area contributed by atoms with Crippen LogP contribution in [0.3, 0.4) is 0 Å². The van der Waals surface area contributed by atoms with Crippen molar-refractivity contribution in [3.8, 4) is 11.6 Å². The maximum Gasteiger partial charge on any atom is 0.212 e. The van der Waals surface area contributed by atoms with E-state index >= 15 is 0 Å². The second-order valence-corrected chi connectivity index (χ2v) is 11.8. The van der Waals surface area contributed by atoms with Crippen molar-refractivity contribution in [1.82, 2.24) is 9.29 Å². The third-order valence-electron chi connectivity index (χ3n) is 7.35. The van der Waals surface area contributed by atoms with Gasteiger partial charge in [0.25, 0.3) is 0 Å². The first-order chi connectivity index (χ1) is 18.2. The van der Waals surface area contributed by atoms with Gasteiger partial charge in [-0.15, -0.1) is 0 Å². The van der Waals surface area contributed by atoms with E-state index in [9.17, 15) is 17.2 Å². The summed E-state index contributed by atoms with van der Waals surface area (Å²) in [5.74, 6) is 0.395. The van der Waals surface area contributed by atoms with Crippen LogP contribution in [0.1, 0.15) is 41.5 Å². The first-order valence-electron chi connectivity index (χ1n) is 12.6. The number of allylic oxidation sites excluding steroid dienone is 1. The molecule has 1 aliphatic heterocycles. The molecular weight excluding hydrogens is 510 g/mol. The summed E-state index contributed by atoms with van der Waals surface area (Å²) >= 11 is 0. The fraction of sp³-hybridized carbons (Fsp3) is 0.345. The highest BCUT2D eigenvalue weighted by Gasteiger charge is 2.27. The van der Waals surface area contributed by atoms with Gasteiger partial charge in [0.2, 0.25) is 15.9 Å². The number of methoxy groups -OCH3 is 1. The van der Waals surface area contributed by atoms with Gasteiger partial charge in [0.1, 0.15) is 17.4 Å². The van der Waals surface area contributed by atoms with E-state index in [2.05, 4.69) is 4.98 Å². The molecule has 0 saturated carbocycles. The summed E-state index contributed by atoms with van der Waals surface area (Å²) in [6, 6.07) is 13.1. The van der Waals surface area contributed by atoms with Gasteiger partial charge in [0.05, 0.1) is 20.0 Å². The minimum Gasteiger partial charge on any atom is -0.494 e. The Bertz CT molecular complexity index is 1460. The second-order valence-electron chi connectivity index (χ2n) is 9.81. The van der Waals surface area contributed by atoms with Crippen LogP contribution in [0.15, 0.2) is 54.7 Å². The number of halogens is 2. The third-order valence-corrected chi connectivity index (χ3v) is 8.65. The number of rotatable bonds is 8. The number of aromatic nitrogens is 1. The molecule has 200 valence electrons. The smallest absolute Gasteiger partial charge is 0.212 e. The maximum absolute atomic E-state index is 14.9. The van der Waals surface area contributed by atoms with E-state index in [-0.39, 0.29) is 0 Å². The van der Waals surface area contributed by atoms with Crippen LogP contribution in [-0.4, -0.2) is 50.8 Å². The van der Waals surface area contributed by atoms with Crippen molar-refractivity contribution in [2.45, 2.75) is 25.7 Å². The van der Waals surface area contributed by atoms with Crippen LogP contribution >= 0.6 is 0 Å². The molecule has 0 radical (unpaired) electrons. The van der Waals surface area contributed by atoms with E-state index in [0.29, 0.717) is 49.1 Å². The lowest BCUT2D eigenvalue weighted by molar-refractivity contribution is 0.219. The lowest BCUT2D eigenvalue weighted by Gasteiger charge is -2.30. The summed E-state index contributed by atoms with van der Waals surface area (Å²) in [6.45, 7) is 1.64. The number of ether oxygens (including phenoxy) is 2. The average Bonchev–Trinajstić information content (AvgIpc) is 3.27. The zero-order valence-electron chi connectivity index (χ0n) is 21.4. The summed E-state index contributed by atoms with van der Waals surface area (Å²) in [5.41, 5.74) is 4.66. The number of hydrogen-bond donors (Lipinski definition) is 0. The van der Waals surface area contributed by atoms with Crippen LogP contribution in [0.25, 0.3) is 11.1 Å². The monoisotopic (exact) mass is 540 g/mol. The van der Waals surface area contributed by atoms with E-state index in [0.717, 1.165) is 53.3 Å². The molecular formula is C29H30F2N2O4S. The number of nitrogens with zero attached hydrogens (tertiary/aromatic N) is 2. The summed E-state index contributed by atoms with van der Waals surface area (Å²) in [7, 11) is -1.58. The SMILES string of the molecule is COc1ccc(C2=C(c3ccc(F)cc3F)c3ccc(OCCC4CCN(S(C)(=O)=O)CC4)cc3C2)cn1. The molecule has 9 heteroatoms. The number of piperidine rings is 1. The fourth-order valence-electron chi connectivity index (χ4n) is 5.29. The van der Waals surface area contributed by atoms with Gasteiger partial charge < -0.3 is 9.47 Å². The molecule has 1 aromatic heterocycles. The summed E-state index contributed by atoms with van der Waals surface area (Å²) in [5, 5.41) is 0. The molecule has 0 amide bonds. The van der Waals surface area contributed by atoms with Crippen LogP contribution in [0, 0.1) is 17.6 Å².